The van der Waals surface area contributed by atoms with Crippen LogP contribution in [0.4, 0.5) is 0 Å². The standard InChI is InChI=1S/C11H14O2/c1-2-3-5-9-6-4-7-10(12)11(13)8-9/h4,6-7H,2-3,5,8H2,1H3. The SMILES string of the molecule is CCCCC1=CC=CC(=O)C(=O)C1. The van der Waals surface area contributed by atoms with Gasteiger partial charge in [0.15, 0.2) is 0 Å². The van der Waals surface area contributed by atoms with Gasteiger partial charge in [0.2, 0.25) is 11.6 Å². The molecule has 0 radical (unpaired) electrons. The second-order valence-electron chi connectivity index (χ2n) is 3.25. The molecule has 70 valence electrons. The first-order valence-electron chi connectivity index (χ1n) is 4.67. The Hall–Kier alpha value is -1.18. The van der Waals surface area contributed by atoms with E-state index in [-0.39, 0.29) is 11.6 Å². The van der Waals surface area contributed by atoms with Crippen molar-refractivity contribution in [3.05, 3.63) is 23.8 Å². The van der Waals surface area contributed by atoms with Gasteiger partial charge in [0.1, 0.15) is 0 Å². The van der Waals surface area contributed by atoms with Crippen LogP contribution in [0.25, 0.3) is 0 Å². The molecule has 0 N–H and O–H groups in total. The lowest BCUT2D eigenvalue weighted by atomic mass is 10.0. The fraction of sp³-hybridized carbons (Fsp3) is 0.455. The maximum atomic E-state index is 11.1. The van der Waals surface area contributed by atoms with Crippen molar-refractivity contribution in [1.82, 2.24) is 0 Å². The van der Waals surface area contributed by atoms with Crippen molar-refractivity contribution in [3.63, 3.8) is 0 Å². The predicted molar refractivity (Wildman–Crippen MR) is 51.4 cm³/mol. The number of hydrogen-bond donors (Lipinski definition) is 0. The minimum atomic E-state index is -0.372. The largest absolute Gasteiger partial charge is 0.290 e. The Morgan fingerprint density at radius 1 is 1.38 bits per heavy atom. The van der Waals surface area contributed by atoms with Gasteiger partial charge in [-0.1, -0.05) is 31.1 Å². The van der Waals surface area contributed by atoms with Gasteiger partial charge in [-0.05, 0) is 18.9 Å². The van der Waals surface area contributed by atoms with E-state index in [0.29, 0.717) is 6.42 Å². The molecule has 0 aromatic heterocycles. The predicted octanol–water partition coefficient (Wildman–Crippen LogP) is 2.20. The highest BCUT2D eigenvalue weighted by molar-refractivity contribution is 6.42. The Bertz CT molecular complexity index is 272. The molecule has 0 fully saturated rings. The normalized spacial score (nSPS) is 17.2. The van der Waals surface area contributed by atoms with Crippen molar-refractivity contribution in [3.8, 4) is 0 Å². The Balaban J connectivity index is 2.58. The molecule has 0 unspecified atom stereocenters. The topological polar surface area (TPSA) is 34.1 Å². The zero-order chi connectivity index (χ0) is 9.68. The molecule has 0 amide bonds. The second-order valence-corrected chi connectivity index (χ2v) is 3.25. The molecule has 13 heavy (non-hydrogen) atoms. The second kappa shape index (κ2) is 4.75. The maximum absolute atomic E-state index is 11.1. The van der Waals surface area contributed by atoms with Crippen LogP contribution < -0.4 is 0 Å². The first kappa shape index (κ1) is 9.90. The van der Waals surface area contributed by atoms with Gasteiger partial charge in [-0.3, -0.25) is 9.59 Å². The molecular weight excluding hydrogens is 164 g/mol. The molecule has 0 bridgehead atoms. The number of carbonyl (C=O) groups excluding carboxylic acids is 2. The van der Waals surface area contributed by atoms with Crippen molar-refractivity contribution >= 4 is 11.6 Å². The molecule has 1 aliphatic rings. The van der Waals surface area contributed by atoms with E-state index in [0.717, 1.165) is 24.8 Å². The van der Waals surface area contributed by atoms with Crippen molar-refractivity contribution < 1.29 is 9.59 Å². The lowest BCUT2D eigenvalue weighted by molar-refractivity contribution is -0.133. The third-order valence-electron chi connectivity index (χ3n) is 2.09. The highest BCUT2D eigenvalue weighted by Gasteiger charge is 2.14. The van der Waals surface area contributed by atoms with Gasteiger partial charge in [-0.15, -0.1) is 0 Å². The molecule has 2 heteroatoms. The Kier molecular flexibility index (Phi) is 3.62. The summed E-state index contributed by atoms with van der Waals surface area (Å²) in [4.78, 5) is 22.1. The van der Waals surface area contributed by atoms with E-state index < -0.39 is 0 Å². The molecule has 0 spiro atoms. The summed E-state index contributed by atoms with van der Waals surface area (Å²) in [6, 6.07) is 0. The number of unbranched alkanes of at least 4 members (excludes halogenated alkanes) is 1. The van der Waals surface area contributed by atoms with Crippen molar-refractivity contribution in [2.75, 3.05) is 0 Å². The van der Waals surface area contributed by atoms with Gasteiger partial charge < -0.3 is 0 Å². The molecular formula is C11H14O2. The van der Waals surface area contributed by atoms with Crippen molar-refractivity contribution in [2.24, 2.45) is 0 Å². The molecule has 0 saturated carbocycles. The molecule has 0 saturated heterocycles. The third kappa shape index (κ3) is 2.98. The summed E-state index contributed by atoms with van der Waals surface area (Å²) in [5, 5.41) is 0. The Morgan fingerprint density at radius 3 is 2.85 bits per heavy atom. The summed E-state index contributed by atoms with van der Waals surface area (Å²) in [6.07, 6.45) is 8.36. The number of rotatable bonds is 3. The number of ketones is 2. The lowest BCUT2D eigenvalue weighted by Crippen LogP contribution is -2.09. The molecule has 0 aromatic carbocycles. The number of carbonyl (C=O) groups is 2. The molecule has 0 heterocycles. The smallest absolute Gasteiger partial charge is 0.221 e. The zero-order valence-corrected chi connectivity index (χ0v) is 7.88. The highest BCUT2D eigenvalue weighted by atomic mass is 16.2. The summed E-state index contributed by atoms with van der Waals surface area (Å²) in [5.74, 6) is -0.654. The fourth-order valence-electron chi connectivity index (χ4n) is 1.29. The zero-order valence-electron chi connectivity index (χ0n) is 7.88. The van der Waals surface area contributed by atoms with E-state index >= 15 is 0 Å². The average molecular weight is 178 g/mol. The summed E-state index contributed by atoms with van der Waals surface area (Å²) < 4.78 is 0. The number of hydrogen-bond acceptors (Lipinski definition) is 2. The van der Waals surface area contributed by atoms with Crippen LogP contribution in [0.3, 0.4) is 0 Å². The summed E-state index contributed by atoms with van der Waals surface area (Å²) in [7, 11) is 0. The fourth-order valence-corrected chi connectivity index (χ4v) is 1.29. The maximum Gasteiger partial charge on any atom is 0.221 e. The molecule has 0 aliphatic heterocycles. The van der Waals surface area contributed by atoms with Crippen LogP contribution in [0, 0.1) is 0 Å². The Labute approximate surface area is 78.3 Å². The lowest BCUT2D eigenvalue weighted by Gasteiger charge is -2.01. The van der Waals surface area contributed by atoms with Gasteiger partial charge in [-0.2, -0.15) is 0 Å². The van der Waals surface area contributed by atoms with E-state index in [2.05, 4.69) is 6.92 Å². The van der Waals surface area contributed by atoms with Gasteiger partial charge in [0.25, 0.3) is 0 Å². The molecule has 1 rings (SSSR count). The molecule has 2 nitrogen and oxygen atoms in total. The number of Topliss-reactive ketones (excluding diaryl/α,β-unsaturated/α-hetero) is 1. The molecule has 1 aliphatic carbocycles. The average Bonchev–Trinajstić information content (AvgIpc) is 2.26. The van der Waals surface area contributed by atoms with E-state index in [4.69, 9.17) is 0 Å². The van der Waals surface area contributed by atoms with Crippen LogP contribution in [0.5, 0.6) is 0 Å². The van der Waals surface area contributed by atoms with Crippen LogP contribution in [0.1, 0.15) is 32.6 Å². The number of allylic oxidation sites excluding steroid dienone is 4. The molecule has 0 aromatic rings. The van der Waals surface area contributed by atoms with Crippen LogP contribution in [0.15, 0.2) is 23.8 Å². The van der Waals surface area contributed by atoms with Crippen LogP contribution >= 0.6 is 0 Å². The minimum absolute atomic E-state index is 0.281. The van der Waals surface area contributed by atoms with Crippen molar-refractivity contribution in [1.29, 1.82) is 0 Å². The minimum Gasteiger partial charge on any atom is -0.290 e. The first-order valence-corrected chi connectivity index (χ1v) is 4.67. The summed E-state index contributed by atoms with van der Waals surface area (Å²) in [6.45, 7) is 2.11. The van der Waals surface area contributed by atoms with Gasteiger partial charge >= 0.3 is 0 Å². The quantitative estimate of drug-likeness (QED) is 0.621. The van der Waals surface area contributed by atoms with Crippen LogP contribution in [-0.4, -0.2) is 11.6 Å². The van der Waals surface area contributed by atoms with Gasteiger partial charge in [0, 0.05) is 6.42 Å². The van der Waals surface area contributed by atoms with Gasteiger partial charge in [0.05, 0.1) is 0 Å². The highest BCUT2D eigenvalue weighted by Crippen LogP contribution is 2.14. The Morgan fingerprint density at radius 2 is 2.15 bits per heavy atom. The summed E-state index contributed by atoms with van der Waals surface area (Å²) in [5.41, 5.74) is 1.08. The monoisotopic (exact) mass is 178 g/mol. The molecule has 0 atom stereocenters. The first-order chi connectivity index (χ1) is 6.24. The van der Waals surface area contributed by atoms with Gasteiger partial charge in [-0.25, -0.2) is 0 Å². The van der Waals surface area contributed by atoms with Crippen LogP contribution in [-0.2, 0) is 9.59 Å². The summed E-state index contributed by atoms with van der Waals surface area (Å²) >= 11 is 0. The van der Waals surface area contributed by atoms with E-state index in [1.165, 1.54) is 6.08 Å². The van der Waals surface area contributed by atoms with Crippen molar-refractivity contribution in [2.45, 2.75) is 32.6 Å². The van der Waals surface area contributed by atoms with E-state index in [1.54, 1.807) is 6.08 Å². The third-order valence-corrected chi connectivity index (χ3v) is 2.09. The van der Waals surface area contributed by atoms with E-state index in [1.807, 2.05) is 6.08 Å². The van der Waals surface area contributed by atoms with Crippen LogP contribution in [0.2, 0.25) is 0 Å². The van der Waals surface area contributed by atoms with E-state index in [9.17, 15) is 9.59 Å².